The van der Waals surface area contributed by atoms with Gasteiger partial charge in [-0.05, 0) is 38.8 Å². The minimum atomic E-state index is 0.440. The molecule has 0 aliphatic heterocycles. The molecule has 2 nitrogen and oxygen atoms in total. The summed E-state index contributed by atoms with van der Waals surface area (Å²) >= 11 is 0. The molecule has 0 heterocycles. The Morgan fingerprint density at radius 1 is 1.24 bits per heavy atom. The average Bonchev–Trinajstić information content (AvgIpc) is 2.30. The summed E-state index contributed by atoms with van der Waals surface area (Å²) < 4.78 is 0. The normalized spacial score (nSPS) is 21.7. The minimum Gasteiger partial charge on any atom is -0.319 e. The zero-order chi connectivity index (χ0) is 12.7. The number of nitrogens with one attached hydrogen (secondary N) is 1. The van der Waals surface area contributed by atoms with E-state index in [4.69, 9.17) is 0 Å². The van der Waals surface area contributed by atoms with Crippen molar-refractivity contribution in [3.8, 4) is 0 Å². The van der Waals surface area contributed by atoms with Crippen LogP contribution in [0.4, 0.5) is 0 Å². The van der Waals surface area contributed by atoms with Gasteiger partial charge in [0.25, 0.3) is 0 Å². The molecular weight excluding hydrogens is 208 g/mol. The molecule has 102 valence electrons. The molecule has 1 rings (SSSR count). The Bertz CT molecular complexity index is 191. The van der Waals surface area contributed by atoms with Crippen molar-refractivity contribution in [1.29, 1.82) is 0 Å². The molecule has 1 aliphatic carbocycles. The first kappa shape index (κ1) is 15.0. The number of hydrogen-bond acceptors (Lipinski definition) is 2. The minimum absolute atomic E-state index is 0.440. The Hall–Kier alpha value is -0.0800. The summed E-state index contributed by atoms with van der Waals surface area (Å²) in [5.74, 6) is 0. The maximum absolute atomic E-state index is 3.37. The topological polar surface area (TPSA) is 15.3 Å². The van der Waals surface area contributed by atoms with Crippen LogP contribution in [0.2, 0.25) is 0 Å². The van der Waals surface area contributed by atoms with E-state index in [-0.39, 0.29) is 0 Å². The molecular formula is C15H32N2. The molecule has 1 aliphatic rings. The molecule has 1 unspecified atom stereocenters. The summed E-state index contributed by atoms with van der Waals surface area (Å²) in [7, 11) is 4.41. The third-order valence-corrected chi connectivity index (χ3v) is 4.29. The highest BCUT2D eigenvalue weighted by Crippen LogP contribution is 2.28. The molecule has 0 aromatic carbocycles. The fourth-order valence-electron chi connectivity index (χ4n) is 3.51. The van der Waals surface area contributed by atoms with Crippen molar-refractivity contribution in [2.75, 3.05) is 27.2 Å². The van der Waals surface area contributed by atoms with Gasteiger partial charge in [0.1, 0.15) is 0 Å². The van der Waals surface area contributed by atoms with E-state index in [1.807, 2.05) is 0 Å². The molecule has 0 aromatic rings. The average molecular weight is 240 g/mol. The SMILES string of the molecule is CCCC(C)(CNC)CN(C)C1CCCCC1. The summed E-state index contributed by atoms with van der Waals surface area (Å²) in [5, 5.41) is 3.37. The highest BCUT2D eigenvalue weighted by Gasteiger charge is 2.27. The predicted octanol–water partition coefficient (Wildman–Crippen LogP) is 3.28. The Balaban J connectivity index is 2.46. The van der Waals surface area contributed by atoms with Crippen molar-refractivity contribution >= 4 is 0 Å². The van der Waals surface area contributed by atoms with Crippen molar-refractivity contribution in [1.82, 2.24) is 10.2 Å². The third-order valence-electron chi connectivity index (χ3n) is 4.29. The van der Waals surface area contributed by atoms with Gasteiger partial charge < -0.3 is 10.2 Å². The quantitative estimate of drug-likeness (QED) is 0.735. The van der Waals surface area contributed by atoms with Crippen molar-refractivity contribution in [3.05, 3.63) is 0 Å². The number of hydrogen-bond donors (Lipinski definition) is 1. The van der Waals surface area contributed by atoms with Crippen molar-refractivity contribution in [2.24, 2.45) is 5.41 Å². The molecule has 0 radical (unpaired) electrons. The fourth-order valence-corrected chi connectivity index (χ4v) is 3.51. The van der Waals surface area contributed by atoms with E-state index < -0.39 is 0 Å². The van der Waals surface area contributed by atoms with Crippen LogP contribution in [0.15, 0.2) is 0 Å². The summed E-state index contributed by atoms with van der Waals surface area (Å²) in [5.41, 5.74) is 0.440. The molecule has 1 fully saturated rings. The van der Waals surface area contributed by atoms with Crippen molar-refractivity contribution in [2.45, 2.75) is 64.8 Å². The Morgan fingerprint density at radius 2 is 1.88 bits per heavy atom. The highest BCUT2D eigenvalue weighted by atomic mass is 15.1. The van der Waals surface area contributed by atoms with Crippen LogP contribution in [-0.4, -0.2) is 38.1 Å². The van der Waals surface area contributed by atoms with E-state index in [0.29, 0.717) is 5.41 Å². The number of rotatable bonds is 7. The van der Waals surface area contributed by atoms with Crippen LogP contribution < -0.4 is 5.32 Å². The van der Waals surface area contributed by atoms with Crippen LogP contribution in [0, 0.1) is 5.41 Å². The van der Waals surface area contributed by atoms with E-state index in [2.05, 4.69) is 38.2 Å². The molecule has 1 atom stereocenters. The first-order valence-corrected chi connectivity index (χ1v) is 7.46. The molecule has 1 N–H and O–H groups in total. The van der Waals surface area contributed by atoms with Gasteiger partial charge >= 0.3 is 0 Å². The van der Waals surface area contributed by atoms with Gasteiger partial charge in [0.2, 0.25) is 0 Å². The lowest BCUT2D eigenvalue weighted by Gasteiger charge is -2.39. The van der Waals surface area contributed by atoms with Gasteiger partial charge in [0, 0.05) is 19.1 Å². The fraction of sp³-hybridized carbons (Fsp3) is 1.00. The molecule has 17 heavy (non-hydrogen) atoms. The molecule has 0 saturated heterocycles. The van der Waals surface area contributed by atoms with Gasteiger partial charge in [0.15, 0.2) is 0 Å². The molecule has 1 saturated carbocycles. The summed E-state index contributed by atoms with van der Waals surface area (Å²) in [6.07, 6.45) is 9.77. The van der Waals surface area contributed by atoms with Gasteiger partial charge in [0.05, 0.1) is 0 Å². The Kier molecular flexibility index (Phi) is 6.50. The van der Waals surface area contributed by atoms with Crippen LogP contribution >= 0.6 is 0 Å². The van der Waals surface area contributed by atoms with Crippen LogP contribution in [0.5, 0.6) is 0 Å². The lowest BCUT2D eigenvalue weighted by Crippen LogP contribution is -2.44. The van der Waals surface area contributed by atoms with Crippen LogP contribution in [0.3, 0.4) is 0 Å². The molecule has 0 amide bonds. The second-order valence-corrected chi connectivity index (χ2v) is 6.30. The van der Waals surface area contributed by atoms with Crippen LogP contribution in [0.1, 0.15) is 58.8 Å². The molecule has 2 heteroatoms. The Morgan fingerprint density at radius 3 is 2.41 bits per heavy atom. The maximum Gasteiger partial charge on any atom is 0.00924 e. The van der Waals surface area contributed by atoms with E-state index >= 15 is 0 Å². The van der Waals surface area contributed by atoms with Crippen LogP contribution in [0.25, 0.3) is 0 Å². The predicted molar refractivity (Wildman–Crippen MR) is 76.4 cm³/mol. The summed E-state index contributed by atoms with van der Waals surface area (Å²) in [4.78, 5) is 2.63. The zero-order valence-corrected chi connectivity index (χ0v) is 12.4. The monoisotopic (exact) mass is 240 g/mol. The van der Waals surface area contributed by atoms with Crippen molar-refractivity contribution < 1.29 is 0 Å². The van der Waals surface area contributed by atoms with Gasteiger partial charge in [-0.2, -0.15) is 0 Å². The van der Waals surface area contributed by atoms with E-state index in [1.165, 1.54) is 51.5 Å². The van der Waals surface area contributed by atoms with Gasteiger partial charge in [-0.3, -0.25) is 0 Å². The second kappa shape index (κ2) is 7.38. The lowest BCUT2D eigenvalue weighted by molar-refractivity contribution is 0.115. The third kappa shape index (κ3) is 4.97. The standard InChI is InChI=1S/C15H32N2/c1-5-11-15(2,12-16-3)13-17(4)14-9-7-6-8-10-14/h14,16H,5-13H2,1-4H3. The Labute approximate surface area is 108 Å². The molecule has 0 aromatic heterocycles. The van der Waals surface area contributed by atoms with E-state index in [9.17, 15) is 0 Å². The molecule has 0 spiro atoms. The first-order valence-electron chi connectivity index (χ1n) is 7.46. The van der Waals surface area contributed by atoms with Gasteiger partial charge in [-0.15, -0.1) is 0 Å². The molecule has 0 bridgehead atoms. The lowest BCUT2D eigenvalue weighted by atomic mass is 9.83. The summed E-state index contributed by atoms with van der Waals surface area (Å²) in [6, 6.07) is 0.844. The smallest absolute Gasteiger partial charge is 0.00924 e. The van der Waals surface area contributed by atoms with Gasteiger partial charge in [-0.25, -0.2) is 0 Å². The van der Waals surface area contributed by atoms with Crippen LogP contribution in [-0.2, 0) is 0 Å². The first-order chi connectivity index (χ1) is 8.11. The van der Waals surface area contributed by atoms with Gasteiger partial charge in [-0.1, -0.05) is 39.5 Å². The number of nitrogens with zero attached hydrogens (tertiary/aromatic N) is 1. The van der Waals surface area contributed by atoms with Crippen molar-refractivity contribution in [3.63, 3.8) is 0 Å². The summed E-state index contributed by atoms with van der Waals surface area (Å²) in [6.45, 7) is 7.12. The van der Waals surface area contributed by atoms with E-state index in [0.717, 1.165) is 12.6 Å². The second-order valence-electron chi connectivity index (χ2n) is 6.30. The maximum atomic E-state index is 3.37. The highest BCUT2D eigenvalue weighted by molar-refractivity contribution is 4.83. The largest absolute Gasteiger partial charge is 0.319 e. The zero-order valence-electron chi connectivity index (χ0n) is 12.4. The van der Waals surface area contributed by atoms with E-state index in [1.54, 1.807) is 0 Å².